The minimum Gasteiger partial charge on any atom is -0.443 e. The van der Waals surface area contributed by atoms with E-state index in [1.807, 2.05) is 17.5 Å². The van der Waals surface area contributed by atoms with Gasteiger partial charge in [-0.05, 0) is 56.2 Å². The van der Waals surface area contributed by atoms with E-state index in [0.717, 1.165) is 12.8 Å². The lowest BCUT2D eigenvalue weighted by molar-refractivity contribution is 0.0676. The van der Waals surface area contributed by atoms with Gasteiger partial charge in [0.05, 0.1) is 4.88 Å². The Balaban J connectivity index is 1.60. The Kier molecular flexibility index (Phi) is 5.68. The summed E-state index contributed by atoms with van der Waals surface area (Å²) in [6, 6.07) is 6.71. The van der Waals surface area contributed by atoms with Crippen molar-refractivity contribution < 1.29 is 19.1 Å². The molecule has 2 N–H and O–H groups in total. The number of hydrogen-bond donors (Lipinski definition) is 2. The summed E-state index contributed by atoms with van der Waals surface area (Å²) in [5.74, 6) is 5.50. The lowest BCUT2D eigenvalue weighted by Gasteiger charge is -2.32. The third-order valence-corrected chi connectivity index (χ3v) is 4.96. The van der Waals surface area contributed by atoms with E-state index in [4.69, 9.17) is 4.42 Å². The number of hydrogen-bond acceptors (Lipinski definition) is 5. The highest BCUT2D eigenvalue weighted by Crippen LogP contribution is 2.17. The minimum absolute atomic E-state index is 0.00567. The van der Waals surface area contributed by atoms with E-state index in [2.05, 4.69) is 17.2 Å². The van der Waals surface area contributed by atoms with E-state index < -0.39 is 5.60 Å². The summed E-state index contributed by atoms with van der Waals surface area (Å²) in [6.45, 7) is 4.32. The second kappa shape index (κ2) is 7.99. The molecule has 1 fully saturated rings. The third-order valence-electron chi connectivity index (χ3n) is 4.10. The number of likely N-dealkylation sites (tertiary alicyclic amines) is 1. The summed E-state index contributed by atoms with van der Waals surface area (Å²) in [7, 11) is 0. The van der Waals surface area contributed by atoms with E-state index in [1.54, 1.807) is 30.9 Å². The molecule has 2 aromatic rings. The first-order chi connectivity index (χ1) is 12.8. The average Bonchev–Trinajstić information content (AvgIpc) is 3.31. The lowest BCUT2D eigenvalue weighted by Crippen LogP contribution is -2.49. The Labute approximate surface area is 162 Å². The average molecular weight is 386 g/mol. The molecule has 0 bridgehead atoms. The maximum atomic E-state index is 12.5. The van der Waals surface area contributed by atoms with Crippen molar-refractivity contribution >= 4 is 23.2 Å². The SMILES string of the molecule is CC(C)(O)C#Cc1ccc(C(=O)NC2CCCN(C(=O)c3cccs3)C2)o1. The molecule has 1 atom stereocenters. The first kappa shape index (κ1) is 19.2. The molecule has 1 unspecified atom stereocenters. The molecule has 1 aliphatic heterocycles. The van der Waals surface area contributed by atoms with Crippen LogP contribution in [0.4, 0.5) is 0 Å². The smallest absolute Gasteiger partial charge is 0.287 e. The topological polar surface area (TPSA) is 82.8 Å². The number of amides is 2. The predicted molar refractivity (Wildman–Crippen MR) is 103 cm³/mol. The normalized spacial score (nSPS) is 17.1. The lowest BCUT2D eigenvalue weighted by atomic mass is 10.1. The number of carbonyl (C=O) groups excluding carboxylic acids is 2. The van der Waals surface area contributed by atoms with Gasteiger partial charge in [-0.1, -0.05) is 12.0 Å². The van der Waals surface area contributed by atoms with Gasteiger partial charge in [0.25, 0.3) is 11.8 Å². The first-order valence-corrected chi connectivity index (χ1v) is 9.69. The molecule has 0 saturated carbocycles. The van der Waals surface area contributed by atoms with E-state index in [9.17, 15) is 14.7 Å². The zero-order valence-electron chi connectivity index (χ0n) is 15.3. The van der Waals surface area contributed by atoms with Crippen molar-refractivity contribution in [1.29, 1.82) is 0 Å². The van der Waals surface area contributed by atoms with Crippen LogP contribution in [-0.4, -0.2) is 46.6 Å². The molecule has 2 amide bonds. The summed E-state index contributed by atoms with van der Waals surface area (Å²) in [4.78, 5) is 27.4. The molecule has 6 nitrogen and oxygen atoms in total. The van der Waals surface area contributed by atoms with Crippen molar-refractivity contribution in [2.45, 2.75) is 38.3 Å². The van der Waals surface area contributed by atoms with Gasteiger partial charge in [0.2, 0.25) is 0 Å². The molecule has 3 rings (SSSR count). The number of thiophene rings is 1. The third kappa shape index (κ3) is 5.22. The molecule has 27 heavy (non-hydrogen) atoms. The fraction of sp³-hybridized carbons (Fsp3) is 0.400. The van der Waals surface area contributed by atoms with Crippen molar-refractivity contribution in [1.82, 2.24) is 10.2 Å². The molecule has 7 heteroatoms. The van der Waals surface area contributed by atoms with Gasteiger partial charge >= 0.3 is 0 Å². The highest BCUT2D eigenvalue weighted by atomic mass is 32.1. The van der Waals surface area contributed by atoms with Crippen LogP contribution >= 0.6 is 11.3 Å². The summed E-state index contributed by atoms with van der Waals surface area (Å²) in [6.07, 6.45) is 1.65. The van der Waals surface area contributed by atoms with Gasteiger partial charge in [-0.3, -0.25) is 9.59 Å². The van der Waals surface area contributed by atoms with Crippen LogP contribution in [0.5, 0.6) is 0 Å². The van der Waals surface area contributed by atoms with Gasteiger partial charge in [0.15, 0.2) is 11.5 Å². The van der Waals surface area contributed by atoms with Crippen LogP contribution in [0.1, 0.15) is 52.7 Å². The fourth-order valence-electron chi connectivity index (χ4n) is 2.83. The van der Waals surface area contributed by atoms with Gasteiger partial charge in [0.1, 0.15) is 5.60 Å². The summed E-state index contributed by atoms with van der Waals surface area (Å²) < 4.78 is 5.44. The van der Waals surface area contributed by atoms with Gasteiger partial charge in [-0.25, -0.2) is 0 Å². The Morgan fingerprint density at radius 2 is 2.19 bits per heavy atom. The number of aliphatic hydroxyl groups is 1. The monoisotopic (exact) mass is 386 g/mol. The van der Waals surface area contributed by atoms with Crippen LogP contribution in [0, 0.1) is 11.8 Å². The van der Waals surface area contributed by atoms with Gasteiger partial charge < -0.3 is 19.7 Å². The van der Waals surface area contributed by atoms with Crippen LogP contribution in [0.25, 0.3) is 0 Å². The van der Waals surface area contributed by atoms with Gasteiger partial charge in [-0.2, -0.15) is 0 Å². The first-order valence-electron chi connectivity index (χ1n) is 8.81. The van der Waals surface area contributed by atoms with Crippen LogP contribution in [0.15, 0.2) is 34.1 Å². The molecule has 0 aromatic carbocycles. The summed E-state index contributed by atoms with van der Waals surface area (Å²) in [5.41, 5.74) is -1.13. The Morgan fingerprint density at radius 3 is 2.89 bits per heavy atom. The molecule has 1 saturated heterocycles. The highest BCUT2D eigenvalue weighted by molar-refractivity contribution is 7.12. The van der Waals surface area contributed by atoms with E-state index in [1.165, 1.54) is 11.3 Å². The largest absolute Gasteiger partial charge is 0.443 e. The second-order valence-electron chi connectivity index (χ2n) is 7.01. The van der Waals surface area contributed by atoms with Crippen molar-refractivity contribution in [2.75, 3.05) is 13.1 Å². The molecular weight excluding hydrogens is 364 g/mol. The minimum atomic E-state index is -1.13. The van der Waals surface area contributed by atoms with Crippen molar-refractivity contribution in [2.24, 2.45) is 0 Å². The van der Waals surface area contributed by atoms with E-state index >= 15 is 0 Å². The standard InChI is InChI=1S/C20H22N2O4S/c1-20(2,25)10-9-15-7-8-16(26-15)18(23)21-14-5-3-11-22(13-14)19(24)17-6-4-12-27-17/h4,6-8,12,14,25H,3,5,11,13H2,1-2H3,(H,21,23). The Morgan fingerprint density at radius 1 is 1.37 bits per heavy atom. The number of nitrogens with zero attached hydrogens (tertiary/aromatic N) is 1. The second-order valence-corrected chi connectivity index (χ2v) is 7.96. The molecular formula is C20H22N2O4S. The molecule has 2 aromatic heterocycles. The molecule has 0 radical (unpaired) electrons. The number of carbonyl (C=O) groups is 2. The van der Waals surface area contributed by atoms with Gasteiger partial charge in [-0.15, -0.1) is 11.3 Å². The van der Waals surface area contributed by atoms with E-state index in [0.29, 0.717) is 23.7 Å². The maximum Gasteiger partial charge on any atom is 0.287 e. The molecule has 0 aliphatic carbocycles. The van der Waals surface area contributed by atoms with Gasteiger partial charge in [0, 0.05) is 19.1 Å². The number of piperidine rings is 1. The Hall–Kier alpha value is -2.56. The van der Waals surface area contributed by atoms with Crippen molar-refractivity contribution in [3.05, 3.63) is 46.0 Å². The Bertz CT molecular complexity index is 868. The highest BCUT2D eigenvalue weighted by Gasteiger charge is 2.26. The molecule has 0 spiro atoms. The number of nitrogens with one attached hydrogen (secondary N) is 1. The van der Waals surface area contributed by atoms with Crippen LogP contribution in [0.3, 0.4) is 0 Å². The predicted octanol–water partition coefficient (Wildman–Crippen LogP) is 2.50. The van der Waals surface area contributed by atoms with Crippen molar-refractivity contribution in [3.63, 3.8) is 0 Å². The maximum absolute atomic E-state index is 12.5. The molecule has 3 heterocycles. The number of rotatable bonds is 3. The number of furan rings is 1. The van der Waals surface area contributed by atoms with Crippen LogP contribution < -0.4 is 5.32 Å². The van der Waals surface area contributed by atoms with E-state index in [-0.39, 0.29) is 23.6 Å². The van der Waals surface area contributed by atoms with Crippen LogP contribution in [0.2, 0.25) is 0 Å². The molecule has 142 valence electrons. The molecule has 1 aliphatic rings. The summed E-state index contributed by atoms with van der Waals surface area (Å²) in [5, 5.41) is 14.4. The van der Waals surface area contributed by atoms with Crippen molar-refractivity contribution in [3.8, 4) is 11.8 Å². The summed E-state index contributed by atoms with van der Waals surface area (Å²) >= 11 is 1.42. The zero-order chi connectivity index (χ0) is 19.4. The van der Waals surface area contributed by atoms with Crippen LogP contribution in [-0.2, 0) is 0 Å². The zero-order valence-corrected chi connectivity index (χ0v) is 16.1. The quantitative estimate of drug-likeness (QED) is 0.794. The fourth-order valence-corrected chi connectivity index (χ4v) is 3.52.